The highest BCUT2D eigenvalue weighted by Crippen LogP contribution is 2.34. The van der Waals surface area contributed by atoms with Crippen LogP contribution >= 0.6 is 27.3 Å². The summed E-state index contributed by atoms with van der Waals surface area (Å²) >= 11 is 4.78. The third kappa shape index (κ3) is 5.38. The summed E-state index contributed by atoms with van der Waals surface area (Å²) in [6, 6.07) is 3.91. The first-order valence-corrected chi connectivity index (χ1v) is 11.1. The third-order valence-corrected chi connectivity index (χ3v) is 6.52. The Balaban J connectivity index is 1.47. The number of aryl methyl sites for hydroxylation is 1. The molecule has 8 heteroatoms. The molecule has 5 nitrogen and oxygen atoms in total. The molecule has 2 N–H and O–H groups in total. The van der Waals surface area contributed by atoms with Gasteiger partial charge in [-0.15, -0.1) is 11.3 Å². The Hall–Kier alpha value is -1.80. The van der Waals surface area contributed by atoms with Crippen molar-refractivity contribution in [1.29, 1.82) is 0 Å². The molecule has 1 aromatic carbocycles. The summed E-state index contributed by atoms with van der Waals surface area (Å²) < 4.78 is 13.8. The summed E-state index contributed by atoms with van der Waals surface area (Å²) in [5.41, 5.74) is 1.31. The van der Waals surface area contributed by atoms with Gasteiger partial charge < -0.3 is 10.6 Å². The number of aromatic nitrogens is 1. The minimum absolute atomic E-state index is 0.126. The van der Waals surface area contributed by atoms with E-state index in [0.717, 1.165) is 30.5 Å². The van der Waals surface area contributed by atoms with E-state index in [9.17, 15) is 14.0 Å². The van der Waals surface area contributed by atoms with Gasteiger partial charge in [-0.2, -0.15) is 0 Å². The monoisotopic (exact) mass is 467 g/mol. The van der Waals surface area contributed by atoms with E-state index in [0.29, 0.717) is 9.60 Å². The molecule has 150 valence electrons. The zero-order valence-electron chi connectivity index (χ0n) is 15.7. The van der Waals surface area contributed by atoms with Gasteiger partial charge in [-0.05, 0) is 59.3 Å². The molecule has 1 atom stereocenters. The predicted octanol–water partition coefficient (Wildman–Crippen LogP) is 4.71. The van der Waals surface area contributed by atoms with E-state index < -0.39 is 11.7 Å². The molecule has 0 aliphatic heterocycles. The van der Waals surface area contributed by atoms with Crippen LogP contribution in [0.3, 0.4) is 0 Å². The number of hydrogen-bond acceptors (Lipinski definition) is 4. The van der Waals surface area contributed by atoms with Gasteiger partial charge in [-0.3, -0.25) is 9.59 Å². The van der Waals surface area contributed by atoms with Crippen molar-refractivity contribution in [3.63, 3.8) is 0 Å². The van der Waals surface area contributed by atoms with Crippen molar-refractivity contribution in [2.45, 2.75) is 45.4 Å². The highest BCUT2D eigenvalue weighted by Gasteiger charge is 2.22. The Kier molecular flexibility index (Phi) is 7.18. The lowest BCUT2D eigenvalue weighted by Crippen LogP contribution is -2.28. The molecule has 0 radical (unpaired) electrons. The number of carbonyl (C=O) groups is 2. The maximum Gasteiger partial charge on any atom is 0.252 e. The minimum atomic E-state index is -0.486. The second-order valence-electron chi connectivity index (χ2n) is 6.96. The van der Waals surface area contributed by atoms with Crippen LogP contribution in [0, 0.1) is 11.7 Å². The summed E-state index contributed by atoms with van der Waals surface area (Å²) in [6.07, 6.45) is 5.75. The fourth-order valence-corrected chi connectivity index (χ4v) is 4.95. The predicted molar refractivity (Wildman–Crippen MR) is 112 cm³/mol. The molecule has 1 aliphatic carbocycles. The van der Waals surface area contributed by atoms with E-state index >= 15 is 0 Å². The largest absolute Gasteiger partial charge is 0.351 e. The van der Waals surface area contributed by atoms with Crippen molar-refractivity contribution >= 4 is 44.2 Å². The maximum absolute atomic E-state index is 13.3. The molecule has 0 spiro atoms. The van der Waals surface area contributed by atoms with Gasteiger partial charge in [0.25, 0.3) is 5.91 Å². The summed E-state index contributed by atoms with van der Waals surface area (Å²) in [6.45, 7) is 2.37. The van der Waals surface area contributed by atoms with Crippen LogP contribution in [0.4, 0.5) is 9.52 Å². The first kappa shape index (κ1) is 20.9. The molecule has 1 heterocycles. The fourth-order valence-electron chi connectivity index (χ4n) is 3.39. The van der Waals surface area contributed by atoms with Gasteiger partial charge in [0.1, 0.15) is 5.82 Å². The number of amides is 2. The molecule has 1 aliphatic rings. The highest BCUT2D eigenvalue weighted by molar-refractivity contribution is 9.10. The number of benzene rings is 1. The van der Waals surface area contributed by atoms with Crippen LogP contribution in [0.5, 0.6) is 0 Å². The van der Waals surface area contributed by atoms with Crippen LogP contribution in [0.25, 0.3) is 0 Å². The van der Waals surface area contributed by atoms with E-state index in [4.69, 9.17) is 0 Å². The minimum Gasteiger partial charge on any atom is -0.351 e. The third-order valence-electron chi connectivity index (χ3n) is 4.80. The van der Waals surface area contributed by atoms with Crippen LogP contribution in [-0.4, -0.2) is 23.3 Å². The van der Waals surface area contributed by atoms with Gasteiger partial charge in [0.2, 0.25) is 5.91 Å². The Morgan fingerprint density at radius 3 is 3.00 bits per heavy atom. The molecule has 28 heavy (non-hydrogen) atoms. The Morgan fingerprint density at radius 2 is 2.21 bits per heavy atom. The second kappa shape index (κ2) is 9.60. The summed E-state index contributed by atoms with van der Waals surface area (Å²) in [5.74, 6) is -0.389. The van der Waals surface area contributed by atoms with Crippen molar-refractivity contribution in [1.82, 2.24) is 10.3 Å². The SMILES string of the molecule is CCCC1CCc2nc(NC(=O)CCNC(=O)c3cc(F)ccc3Br)sc2C1. The molecule has 0 saturated carbocycles. The van der Waals surface area contributed by atoms with Crippen molar-refractivity contribution in [3.8, 4) is 0 Å². The standard InChI is InChI=1S/C20H23BrFN3O2S/c1-2-3-12-4-7-16-17(10-12)28-20(24-16)25-18(26)8-9-23-19(27)14-11-13(22)5-6-15(14)21/h5-6,11-12H,2-4,7-10H2,1H3,(H,23,27)(H,24,25,26). The molecule has 1 aromatic heterocycles. The summed E-state index contributed by atoms with van der Waals surface area (Å²) in [4.78, 5) is 30.1. The zero-order chi connectivity index (χ0) is 20.1. The molecule has 0 bridgehead atoms. The number of nitrogens with one attached hydrogen (secondary N) is 2. The van der Waals surface area contributed by atoms with Gasteiger partial charge in [0.05, 0.1) is 11.3 Å². The Labute approximate surface area is 176 Å². The Morgan fingerprint density at radius 1 is 1.39 bits per heavy atom. The van der Waals surface area contributed by atoms with Crippen LogP contribution in [0.15, 0.2) is 22.7 Å². The van der Waals surface area contributed by atoms with E-state index in [2.05, 4.69) is 38.5 Å². The number of carbonyl (C=O) groups excluding carboxylic acids is 2. The molecule has 2 aromatic rings. The number of fused-ring (bicyclic) bond motifs is 1. The summed E-state index contributed by atoms with van der Waals surface area (Å²) in [5, 5.41) is 6.10. The molecular weight excluding hydrogens is 445 g/mol. The van der Waals surface area contributed by atoms with E-state index in [-0.39, 0.29) is 24.4 Å². The van der Waals surface area contributed by atoms with Crippen LogP contribution in [0.2, 0.25) is 0 Å². The molecule has 3 rings (SSSR count). The highest BCUT2D eigenvalue weighted by atomic mass is 79.9. The molecule has 0 saturated heterocycles. The number of nitrogens with zero attached hydrogens (tertiary/aromatic N) is 1. The molecular formula is C20H23BrFN3O2S. The van der Waals surface area contributed by atoms with Gasteiger partial charge >= 0.3 is 0 Å². The van der Waals surface area contributed by atoms with Crippen molar-refractivity contribution < 1.29 is 14.0 Å². The lowest BCUT2D eigenvalue weighted by molar-refractivity contribution is -0.116. The topological polar surface area (TPSA) is 71.1 Å². The van der Waals surface area contributed by atoms with Crippen LogP contribution in [0.1, 0.15) is 53.5 Å². The van der Waals surface area contributed by atoms with Gasteiger partial charge in [0.15, 0.2) is 5.13 Å². The van der Waals surface area contributed by atoms with E-state index in [1.807, 2.05) is 0 Å². The van der Waals surface area contributed by atoms with Gasteiger partial charge in [0, 0.05) is 22.3 Å². The smallest absolute Gasteiger partial charge is 0.252 e. The molecule has 2 amide bonds. The second-order valence-corrected chi connectivity index (χ2v) is 8.90. The number of rotatable bonds is 7. The quantitative estimate of drug-likeness (QED) is 0.619. The first-order valence-electron chi connectivity index (χ1n) is 9.48. The van der Waals surface area contributed by atoms with Crippen molar-refractivity contribution in [3.05, 3.63) is 44.6 Å². The van der Waals surface area contributed by atoms with E-state index in [1.165, 1.54) is 36.3 Å². The average molecular weight is 468 g/mol. The number of thiazole rings is 1. The van der Waals surface area contributed by atoms with E-state index in [1.54, 1.807) is 11.3 Å². The number of hydrogen-bond donors (Lipinski definition) is 2. The Bertz CT molecular complexity index is 871. The number of anilines is 1. The van der Waals surface area contributed by atoms with Gasteiger partial charge in [-0.25, -0.2) is 9.37 Å². The maximum atomic E-state index is 13.3. The van der Waals surface area contributed by atoms with Crippen LogP contribution in [-0.2, 0) is 17.6 Å². The first-order chi connectivity index (χ1) is 13.5. The molecule has 1 unspecified atom stereocenters. The molecule has 0 fully saturated rings. The number of halogens is 2. The van der Waals surface area contributed by atoms with Crippen LogP contribution < -0.4 is 10.6 Å². The van der Waals surface area contributed by atoms with Gasteiger partial charge in [-0.1, -0.05) is 19.8 Å². The lowest BCUT2D eigenvalue weighted by Gasteiger charge is -2.19. The summed E-state index contributed by atoms with van der Waals surface area (Å²) in [7, 11) is 0. The normalized spacial score (nSPS) is 15.8. The van der Waals surface area contributed by atoms with Crippen molar-refractivity contribution in [2.24, 2.45) is 5.92 Å². The average Bonchev–Trinajstić information content (AvgIpc) is 3.05. The van der Waals surface area contributed by atoms with Crippen molar-refractivity contribution in [2.75, 3.05) is 11.9 Å². The lowest BCUT2D eigenvalue weighted by atomic mass is 9.88. The zero-order valence-corrected chi connectivity index (χ0v) is 18.1. The fraction of sp³-hybridized carbons (Fsp3) is 0.450.